The van der Waals surface area contributed by atoms with Gasteiger partial charge >= 0.3 is 0 Å². The SMILES string of the molecule is O=C1CN2Cc3cc(OCCCC(=O)N(CCO)Cc4ccccc4)ccc3N=C2N1. The molecule has 8 heteroatoms. The largest absolute Gasteiger partial charge is 0.494 e. The maximum Gasteiger partial charge on any atom is 0.246 e. The number of aliphatic hydroxyl groups excluding tert-OH is 1. The number of rotatable bonds is 9. The molecule has 0 bridgehead atoms. The van der Waals surface area contributed by atoms with Gasteiger partial charge in [0.15, 0.2) is 0 Å². The molecule has 0 atom stereocenters. The smallest absolute Gasteiger partial charge is 0.246 e. The van der Waals surface area contributed by atoms with Crippen molar-refractivity contribution >= 4 is 23.5 Å². The molecule has 1 fully saturated rings. The van der Waals surface area contributed by atoms with Crippen LogP contribution in [0, 0.1) is 0 Å². The predicted molar refractivity (Wildman–Crippen MR) is 116 cm³/mol. The number of carbonyl (C=O) groups is 2. The lowest BCUT2D eigenvalue weighted by Crippen LogP contribution is -2.33. The monoisotopic (exact) mass is 422 g/mol. The molecular weight excluding hydrogens is 396 g/mol. The van der Waals surface area contributed by atoms with Gasteiger partial charge < -0.3 is 19.6 Å². The molecular formula is C23H26N4O4. The summed E-state index contributed by atoms with van der Waals surface area (Å²) in [6.07, 6.45) is 0.937. The minimum absolute atomic E-state index is 0.0000103. The molecule has 0 aromatic heterocycles. The number of carbonyl (C=O) groups excluding carboxylic acids is 2. The van der Waals surface area contributed by atoms with Crippen molar-refractivity contribution in [3.05, 3.63) is 59.7 Å². The summed E-state index contributed by atoms with van der Waals surface area (Å²) >= 11 is 0. The average molecular weight is 422 g/mol. The van der Waals surface area contributed by atoms with E-state index in [1.165, 1.54) is 0 Å². The van der Waals surface area contributed by atoms with Gasteiger partial charge in [0, 0.05) is 31.6 Å². The van der Waals surface area contributed by atoms with Crippen molar-refractivity contribution in [1.29, 1.82) is 0 Å². The number of nitrogens with zero attached hydrogens (tertiary/aromatic N) is 3. The number of hydrogen-bond donors (Lipinski definition) is 2. The summed E-state index contributed by atoms with van der Waals surface area (Å²) in [6.45, 7) is 2.09. The van der Waals surface area contributed by atoms with E-state index < -0.39 is 0 Å². The number of fused-ring (bicyclic) bond motifs is 2. The van der Waals surface area contributed by atoms with Gasteiger partial charge in [0.05, 0.1) is 18.9 Å². The number of ether oxygens (including phenoxy) is 1. The highest BCUT2D eigenvalue weighted by Crippen LogP contribution is 2.30. The van der Waals surface area contributed by atoms with Crippen LogP contribution in [-0.4, -0.2) is 59.0 Å². The summed E-state index contributed by atoms with van der Waals surface area (Å²) in [4.78, 5) is 32.2. The van der Waals surface area contributed by atoms with Crippen molar-refractivity contribution in [1.82, 2.24) is 15.1 Å². The molecule has 8 nitrogen and oxygen atoms in total. The standard InChI is InChI=1S/C23H26N4O4/c28-11-10-26(14-17-5-2-1-3-6-17)22(30)7-4-12-31-19-8-9-20-18(13-19)15-27-16-21(29)25-23(27)24-20/h1-3,5-6,8-9,13,28H,4,7,10-12,14-16H2,(H,24,25,29). The van der Waals surface area contributed by atoms with Crippen LogP contribution in [0.5, 0.6) is 5.75 Å². The third-order valence-electron chi connectivity index (χ3n) is 5.27. The highest BCUT2D eigenvalue weighted by Gasteiger charge is 2.29. The Morgan fingerprint density at radius 1 is 1.19 bits per heavy atom. The van der Waals surface area contributed by atoms with Crippen molar-refractivity contribution in [2.45, 2.75) is 25.9 Å². The highest BCUT2D eigenvalue weighted by molar-refractivity contribution is 6.05. The Labute approximate surface area is 181 Å². The minimum Gasteiger partial charge on any atom is -0.494 e. The van der Waals surface area contributed by atoms with Gasteiger partial charge in [-0.05, 0) is 30.2 Å². The molecule has 2 N–H and O–H groups in total. The normalized spacial score (nSPS) is 14.4. The van der Waals surface area contributed by atoms with Crippen LogP contribution in [-0.2, 0) is 22.7 Å². The van der Waals surface area contributed by atoms with Crippen LogP contribution < -0.4 is 10.1 Å². The second kappa shape index (κ2) is 9.61. The summed E-state index contributed by atoms with van der Waals surface area (Å²) in [5.41, 5.74) is 2.87. The van der Waals surface area contributed by atoms with Gasteiger partial charge in [0.25, 0.3) is 0 Å². The molecule has 0 unspecified atom stereocenters. The number of guanidine groups is 1. The van der Waals surface area contributed by atoms with E-state index in [9.17, 15) is 14.7 Å². The Kier molecular flexibility index (Phi) is 6.47. The van der Waals surface area contributed by atoms with Gasteiger partial charge in [-0.1, -0.05) is 30.3 Å². The fraction of sp³-hybridized carbons (Fsp3) is 0.348. The van der Waals surface area contributed by atoms with Gasteiger partial charge in [0.1, 0.15) is 12.3 Å². The molecule has 2 aliphatic heterocycles. The number of benzene rings is 2. The van der Waals surface area contributed by atoms with Crippen LogP contribution in [0.1, 0.15) is 24.0 Å². The van der Waals surface area contributed by atoms with Crippen molar-refractivity contribution in [3.63, 3.8) is 0 Å². The topological polar surface area (TPSA) is 94.5 Å². The first-order chi connectivity index (χ1) is 15.1. The van der Waals surface area contributed by atoms with Crippen LogP contribution in [0.3, 0.4) is 0 Å². The second-order valence-electron chi connectivity index (χ2n) is 7.61. The number of nitrogens with one attached hydrogen (secondary N) is 1. The first-order valence-electron chi connectivity index (χ1n) is 10.4. The van der Waals surface area contributed by atoms with Crippen molar-refractivity contribution in [3.8, 4) is 5.75 Å². The van der Waals surface area contributed by atoms with Gasteiger partial charge in [-0.15, -0.1) is 0 Å². The molecule has 2 aromatic rings. The van der Waals surface area contributed by atoms with Crippen LogP contribution in [0.25, 0.3) is 0 Å². The highest BCUT2D eigenvalue weighted by atomic mass is 16.5. The third-order valence-corrected chi connectivity index (χ3v) is 5.27. The van der Waals surface area contributed by atoms with Gasteiger partial charge in [-0.2, -0.15) is 0 Å². The second-order valence-corrected chi connectivity index (χ2v) is 7.61. The van der Waals surface area contributed by atoms with E-state index in [0.717, 1.165) is 22.6 Å². The average Bonchev–Trinajstić information content (AvgIpc) is 3.14. The van der Waals surface area contributed by atoms with E-state index >= 15 is 0 Å². The van der Waals surface area contributed by atoms with Crippen LogP contribution >= 0.6 is 0 Å². The summed E-state index contributed by atoms with van der Waals surface area (Å²) in [5, 5.41) is 12.0. The Bertz CT molecular complexity index is 977. The van der Waals surface area contributed by atoms with E-state index in [4.69, 9.17) is 4.74 Å². The Morgan fingerprint density at radius 3 is 2.84 bits per heavy atom. The number of amides is 2. The van der Waals surface area contributed by atoms with E-state index in [1.807, 2.05) is 53.4 Å². The number of aliphatic imine (C=N–C) groups is 1. The van der Waals surface area contributed by atoms with Crippen molar-refractivity contribution in [2.75, 3.05) is 26.3 Å². The summed E-state index contributed by atoms with van der Waals surface area (Å²) in [6, 6.07) is 15.4. The van der Waals surface area contributed by atoms with Crippen molar-refractivity contribution < 1.29 is 19.4 Å². The van der Waals surface area contributed by atoms with E-state index in [-0.39, 0.29) is 18.4 Å². The van der Waals surface area contributed by atoms with E-state index in [0.29, 0.717) is 51.6 Å². The maximum absolute atomic E-state index is 12.6. The van der Waals surface area contributed by atoms with Crippen LogP contribution in [0.2, 0.25) is 0 Å². The molecule has 2 aliphatic rings. The molecule has 0 aliphatic carbocycles. The lowest BCUT2D eigenvalue weighted by atomic mass is 10.1. The van der Waals surface area contributed by atoms with E-state index in [1.54, 1.807) is 4.90 Å². The zero-order valence-electron chi connectivity index (χ0n) is 17.3. The molecule has 2 aromatic carbocycles. The molecule has 1 saturated heterocycles. The maximum atomic E-state index is 12.6. The quantitative estimate of drug-likeness (QED) is 0.601. The Hall–Kier alpha value is -3.39. The number of hydrogen-bond acceptors (Lipinski definition) is 6. The van der Waals surface area contributed by atoms with Gasteiger partial charge in [-0.3, -0.25) is 14.9 Å². The molecule has 0 spiro atoms. The van der Waals surface area contributed by atoms with Crippen molar-refractivity contribution in [2.24, 2.45) is 4.99 Å². The van der Waals surface area contributed by atoms with Crippen LogP contribution in [0.4, 0.5) is 5.69 Å². The van der Waals surface area contributed by atoms with Crippen LogP contribution in [0.15, 0.2) is 53.5 Å². The molecule has 31 heavy (non-hydrogen) atoms. The zero-order valence-corrected chi connectivity index (χ0v) is 17.3. The summed E-state index contributed by atoms with van der Waals surface area (Å²) in [5.74, 6) is 1.28. The fourth-order valence-electron chi connectivity index (χ4n) is 3.72. The molecule has 4 rings (SSSR count). The Morgan fingerprint density at radius 2 is 2.03 bits per heavy atom. The van der Waals surface area contributed by atoms with E-state index in [2.05, 4.69) is 10.3 Å². The molecule has 0 saturated carbocycles. The lowest BCUT2D eigenvalue weighted by molar-refractivity contribution is -0.132. The predicted octanol–water partition coefficient (Wildman–Crippen LogP) is 1.80. The third kappa shape index (κ3) is 5.21. The van der Waals surface area contributed by atoms with Gasteiger partial charge in [-0.25, -0.2) is 4.99 Å². The fourth-order valence-corrected chi connectivity index (χ4v) is 3.72. The van der Waals surface area contributed by atoms with Gasteiger partial charge in [0.2, 0.25) is 17.8 Å². The summed E-state index contributed by atoms with van der Waals surface area (Å²) < 4.78 is 5.84. The molecule has 2 heterocycles. The lowest BCUT2D eigenvalue weighted by Gasteiger charge is -2.23. The zero-order chi connectivity index (χ0) is 21.6. The summed E-state index contributed by atoms with van der Waals surface area (Å²) in [7, 11) is 0. The first-order valence-corrected chi connectivity index (χ1v) is 10.4. The molecule has 0 radical (unpaired) electrons. The Balaban J connectivity index is 1.26. The molecule has 162 valence electrons. The molecule has 2 amide bonds. The first kappa shape index (κ1) is 20.9. The number of aliphatic hydroxyl groups is 1. The minimum atomic E-state index is -0.0630.